The van der Waals surface area contributed by atoms with Crippen molar-refractivity contribution in [2.75, 3.05) is 5.32 Å². The van der Waals surface area contributed by atoms with Gasteiger partial charge in [0, 0.05) is 6.04 Å². The second-order valence-electron chi connectivity index (χ2n) is 3.93. The number of nitrogens with zero attached hydrogens (tertiary/aromatic N) is 1. The molecule has 82 valence electrons. The largest absolute Gasteiger partial charge is 0.381 e. The van der Waals surface area contributed by atoms with E-state index in [0.717, 1.165) is 24.9 Å². The second kappa shape index (κ2) is 4.80. The molecule has 0 aromatic heterocycles. The zero-order valence-corrected chi connectivity index (χ0v) is 8.91. The van der Waals surface area contributed by atoms with Gasteiger partial charge in [0.1, 0.15) is 11.9 Å². The van der Waals surface area contributed by atoms with Crippen molar-refractivity contribution in [1.82, 2.24) is 0 Å². The molecule has 0 saturated heterocycles. The van der Waals surface area contributed by atoms with Crippen molar-refractivity contribution in [2.45, 2.75) is 25.3 Å². The predicted octanol–water partition coefficient (Wildman–Crippen LogP) is 3.22. The highest BCUT2D eigenvalue weighted by Gasteiger charge is 2.11. The number of benzene rings is 1. The van der Waals surface area contributed by atoms with Crippen molar-refractivity contribution in [2.24, 2.45) is 0 Å². The summed E-state index contributed by atoms with van der Waals surface area (Å²) in [6, 6.07) is 6.63. The molecule has 0 spiro atoms. The molecule has 1 aliphatic carbocycles. The molecule has 2 rings (SSSR count). The van der Waals surface area contributed by atoms with Crippen molar-refractivity contribution in [3.05, 3.63) is 41.7 Å². The molecule has 16 heavy (non-hydrogen) atoms. The lowest BCUT2D eigenvalue weighted by Crippen LogP contribution is -2.20. The molecule has 1 aromatic rings. The average molecular weight is 216 g/mol. The van der Waals surface area contributed by atoms with Gasteiger partial charge in [0.25, 0.3) is 0 Å². The fraction of sp³-hybridized carbons (Fsp3) is 0.308. The zero-order valence-electron chi connectivity index (χ0n) is 8.91. The van der Waals surface area contributed by atoms with Gasteiger partial charge in [-0.05, 0) is 37.5 Å². The highest BCUT2D eigenvalue weighted by molar-refractivity contribution is 5.58. The standard InChI is InChI=1S/C13H13FN2/c14-11-6-7-13(10(8-11)9-15)16-12-4-2-1-3-5-12/h1-2,6-8,12,16H,3-5H2. The summed E-state index contributed by atoms with van der Waals surface area (Å²) in [6.45, 7) is 0. The number of allylic oxidation sites excluding steroid dienone is 1. The van der Waals surface area contributed by atoms with Gasteiger partial charge in [-0.1, -0.05) is 12.2 Å². The Balaban J connectivity index is 2.15. The predicted molar refractivity (Wildman–Crippen MR) is 61.5 cm³/mol. The number of rotatable bonds is 2. The zero-order chi connectivity index (χ0) is 11.4. The summed E-state index contributed by atoms with van der Waals surface area (Å²) in [5, 5.41) is 12.2. The van der Waals surface area contributed by atoms with E-state index in [9.17, 15) is 4.39 Å². The van der Waals surface area contributed by atoms with Gasteiger partial charge in [-0.3, -0.25) is 0 Å². The van der Waals surface area contributed by atoms with E-state index in [4.69, 9.17) is 5.26 Å². The van der Waals surface area contributed by atoms with E-state index in [1.165, 1.54) is 12.1 Å². The van der Waals surface area contributed by atoms with E-state index in [2.05, 4.69) is 17.5 Å². The van der Waals surface area contributed by atoms with Crippen molar-refractivity contribution in [1.29, 1.82) is 5.26 Å². The summed E-state index contributed by atoms with van der Waals surface area (Å²) < 4.78 is 12.9. The van der Waals surface area contributed by atoms with Crippen molar-refractivity contribution in [3.63, 3.8) is 0 Å². The van der Waals surface area contributed by atoms with Gasteiger partial charge < -0.3 is 5.32 Å². The third-order valence-corrected chi connectivity index (χ3v) is 2.73. The molecule has 1 aliphatic rings. The molecule has 0 fully saturated rings. The molecule has 3 heteroatoms. The molecule has 0 bridgehead atoms. The van der Waals surface area contributed by atoms with E-state index in [0.29, 0.717) is 11.6 Å². The first kappa shape index (κ1) is 10.7. The summed E-state index contributed by atoms with van der Waals surface area (Å²) in [7, 11) is 0. The fourth-order valence-corrected chi connectivity index (χ4v) is 1.88. The molecular weight excluding hydrogens is 203 g/mol. The second-order valence-corrected chi connectivity index (χ2v) is 3.93. The maximum atomic E-state index is 12.9. The Bertz CT molecular complexity index is 446. The van der Waals surface area contributed by atoms with Crippen LogP contribution < -0.4 is 5.32 Å². The number of anilines is 1. The minimum absolute atomic E-state index is 0.350. The highest BCUT2D eigenvalue weighted by Crippen LogP contribution is 2.21. The smallest absolute Gasteiger partial charge is 0.124 e. The van der Waals surface area contributed by atoms with Crippen LogP contribution >= 0.6 is 0 Å². The van der Waals surface area contributed by atoms with Crippen molar-refractivity contribution < 1.29 is 4.39 Å². The summed E-state index contributed by atoms with van der Waals surface area (Å²) >= 11 is 0. The Morgan fingerprint density at radius 2 is 2.25 bits per heavy atom. The maximum Gasteiger partial charge on any atom is 0.124 e. The summed E-state index contributed by atoms with van der Waals surface area (Å²) in [5.74, 6) is -0.370. The van der Waals surface area contributed by atoms with E-state index in [1.807, 2.05) is 6.07 Å². The van der Waals surface area contributed by atoms with Gasteiger partial charge in [-0.2, -0.15) is 5.26 Å². The molecule has 2 nitrogen and oxygen atoms in total. The van der Waals surface area contributed by atoms with Crippen molar-refractivity contribution in [3.8, 4) is 6.07 Å². The average Bonchev–Trinajstić information content (AvgIpc) is 2.33. The van der Waals surface area contributed by atoms with Gasteiger partial charge in [-0.25, -0.2) is 4.39 Å². The third-order valence-electron chi connectivity index (χ3n) is 2.73. The molecule has 1 aromatic carbocycles. The van der Waals surface area contributed by atoms with E-state index in [1.54, 1.807) is 6.07 Å². The maximum absolute atomic E-state index is 12.9. The lowest BCUT2D eigenvalue weighted by Gasteiger charge is -2.21. The SMILES string of the molecule is N#Cc1cc(F)ccc1NC1CC=CCC1. The number of hydrogen-bond donors (Lipinski definition) is 1. The highest BCUT2D eigenvalue weighted by atomic mass is 19.1. The van der Waals surface area contributed by atoms with E-state index in [-0.39, 0.29) is 5.82 Å². The van der Waals surface area contributed by atoms with Crippen LogP contribution in [0, 0.1) is 17.1 Å². The van der Waals surface area contributed by atoms with Crippen LogP contribution in [0.2, 0.25) is 0 Å². The number of nitrogens with one attached hydrogen (secondary N) is 1. The first-order valence-corrected chi connectivity index (χ1v) is 5.41. The van der Waals surface area contributed by atoms with Gasteiger partial charge in [0.05, 0.1) is 11.3 Å². The molecule has 0 saturated carbocycles. The molecular formula is C13H13FN2. The minimum Gasteiger partial charge on any atom is -0.381 e. The fourth-order valence-electron chi connectivity index (χ4n) is 1.88. The molecule has 0 aliphatic heterocycles. The Morgan fingerprint density at radius 3 is 2.94 bits per heavy atom. The van der Waals surface area contributed by atoms with Gasteiger partial charge in [0.2, 0.25) is 0 Å². The quantitative estimate of drug-likeness (QED) is 0.770. The van der Waals surface area contributed by atoms with Crippen LogP contribution in [0.25, 0.3) is 0 Å². The van der Waals surface area contributed by atoms with Gasteiger partial charge in [-0.15, -0.1) is 0 Å². The molecule has 0 heterocycles. The van der Waals surface area contributed by atoms with Crippen LogP contribution in [0.15, 0.2) is 30.4 Å². The summed E-state index contributed by atoms with van der Waals surface area (Å²) in [5.41, 5.74) is 1.10. The van der Waals surface area contributed by atoms with Gasteiger partial charge >= 0.3 is 0 Å². The number of halogens is 1. The first-order valence-electron chi connectivity index (χ1n) is 5.41. The van der Waals surface area contributed by atoms with Crippen LogP contribution in [0.3, 0.4) is 0 Å². The van der Waals surface area contributed by atoms with Crippen LogP contribution in [-0.2, 0) is 0 Å². The molecule has 1 atom stereocenters. The van der Waals surface area contributed by atoms with Crippen LogP contribution in [0.4, 0.5) is 10.1 Å². The Kier molecular flexibility index (Phi) is 3.21. The monoisotopic (exact) mass is 216 g/mol. The molecule has 0 radical (unpaired) electrons. The van der Waals surface area contributed by atoms with E-state index < -0.39 is 0 Å². The lowest BCUT2D eigenvalue weighted by molar-refractivity contribution is 0.625. The number of hydrogen-bond acceptors (Lipinski definition) is 2. The minimum atomic E-state index is -0.370. The first-order chi connectivity index (χ1) is 7.79. The van der Waals surface area contributed by atoms with Crippen LogP contribution in [0.5, 0.6) is 0 Å². The topological polar surface area (TPSA) is 35.8 Å². The molecule has 0 amide bonds. The normalized spacial score (nSPS) is 19.1. The molecule has 1 unspecified atom stereocenters. The number of nitriles is 1. The Morgan fingerprint density at radius 1 is 1.38 bits per heavy atom. The third kappa shape index (κ3) is 2.40. The van der Waals surface area contributed by atoms with E-state index >= 15 is 0 Å². The van der Waals surface area contributed by atoms with Gasteiger partial charge in [0.15, 0.2) is 0 Å². The summed E-state index contributed by atoms with van der Waals surface area (Å²) in [6.07, 6.45) is 7.37. The van der Waals surface area contributed by atoms with Crippen LogP contribution in [-0.4, -0.2) is 6.04 Å². The summed E-state index contributed by atoms with van der Waals surface area (Å²) in [4.78, 5) is 0. The Labute approximate surface area is 94.4 Å². The molecule has 1 N–H and O–H groups in total. The van der Waals surface area contributed by atoms with Crippen molar-refractivity contribution >= 4 is 5.69 Å². The lowest BCUT2D eigenvalue weighted by atomic mass is 10.0. The Hall–Kier alpha value is -1.82. The van der Waals surface area contributed by atoms with Crippen LogP contribution in [0.1, 0.15) is 24.8 Å².